The molecule has 1 amide bonds. The number of carbonyl (C=O) groups excluding carboxylic acids is 1. The Morgan fingerprint density at radius 1 is 1.38 bits per heavy atom. The molecule has 0 bridgehead atoms. The summed E-state index contributed by atoms with van der Waals surface area (Å²) in [4.78, 5) is 14.0. The van der Waals surface area contributed by atoms with Gasteiger partial charge in [-0.3, -0.25) is 9.69 Å². The van der Waals surface area contributed by atoms with E-state index in [0.717, 1.165) is 0 Å². The molecule has 1 fully saturated rings. The minimum atomic E-state index is 0.141. The number of likely N-dealkylation sites (N-methyl/N-ethyl adjacent to an activating group) is 1. The first-order valence-electron chi connectivity index (χ1n) is 6.24. The maximum Gasteiger partial charge on any atom is 0.234 e. The molecule has 0 aromatic heterocycles. The molecule has 0 aromatic rings. The van der Waals surface area contributed by atoms with E-state index in [4.69, 9.17) is 0 Å². The molecule has 3 unspecified atom stereocenters. The Morgan fingerprint density at radius 3 is 2.44 bits per heavy atom. The minimum absolute atomic E-state index is 0.141. The number of nitrogens with zero attached hydrogens (tertiary/aromatic N) is 1. The van der Waals surface area contributed by atoms with Gasteiger partial charge in [0.15, 0.2) is 0 Å². The normalized spacial score (nSPS) is 28.0. The van der Waals surface area contributed by atoms with Gasteiger partial charge in [-0.2, -0.15) is 0 Å². The van der Waals surface area contributed by atoms with Crippen LogP contribution in [-0.2, 0) is 4.79 Å². The zero-order valence-electron chi connectivity index (χ0n) is 10.9. The van der Waals surface area contributed by atoms with Crippen LogP contribution in [0, 0.1) is 0 Å². The van der Waals surface area contributed by atoms with Gasteiger partial charge in [0.2, 0.25) is 5.91 Å². The van der Waals surface area contributed by atoms with E-state index in [1.807, 2.05) is 7.05 Å². The number of likely N-dealkylation sites (tertiary alicyclic amines) is 1. The molecule has 4 heteroatoms. The molecule has 0 saturated carbocycles. The van der Waals surface area contributed by atoms with Crippen LogP contribution in [0.2, 0.25) is 0 Å². The van der Waals surface area contributed by atoms with E-state index in [1.165, 1.54) is 12.8 Å². The van der Waals surface area contributed by atoms with Gasteiger partial charge in [-0.15, -0.1) is 0 Å². The third kappa shape index (κ3) is 3.76. The lowest BCUT2D eigenvalue weighted by Crippen LogP contribution is -2.45. The first-order chi connectivity index (χ1) is 7.54. The summed E-state index contributed by atoms with van der Waals surface area (Å²) in [5.74, 6) is 0.141. The number of carbonyl (C=O) groups is 1. The van der Waals surface area contributed by atoms with Crippen molar-refractivity contribution in [3.8, 4) is 0 Å². The largest absolute Gasteiger partial charge is 0.353 e. The van der Waals surface area contributed by atoms with Crippen molar-refractivity contribution in [1.29, 1.82) is 0 Å². The summed E-state index contributed by atoms with van der Waals surface area (Å²) in [7, 11) is 1.90. The summed E-state index contributed by atoms with van der Waals surface area (Å²) in [6.07, 6.45) is 2.42. The van der Waals surface area contributed by atoms with Crippen molar-refractivity contribution >= 4 is 5.91 Å². The minimum Gasteiger partial charge on any atom is -0.353 e. The molecule has 4 nitrogen and oxygen atoms in total. The van der Waals surface area contributed by atoms with E-state index in [2.05, 4.69) is 36.3 Å². The van der Waals surface area contributed by atoms with E-state index in [9.17, 15) is 4.79 Å². The number of hydrogen-bond donors (Lipinski definition) is 2. The molecule has 2 N–H and O–H groups in total. The van der Waals surface area contributed by atoms with Crippen molar-refractivity contribution < 1.29 is 4.79 Å². The molecule has 94 valence electrons. The smallest absolute Gasteiger partial charge is 0.234 e. The van der Waals surface area contributed by atoms with Crippen LogP contribution in [0.1, 0.15) is 33.6 Å². The SMILES string of the molecule is CNC(C)CNC(=O)CN1C(C)CCC1C. The van der Waals surface area contributed by atoms with Crippen molar-refractivity contribution in [3.05, 3.63) is 0 Å². The maximum absolute atomic E-state index is 11.7. The number of hydrogen-bond acceptors (Lipinski definition) is 3. The van der Waals surface area contributed by atoms with Gasteiger partial charge in [-0.1, -0.05) is 0 Å². The maximum atomic E-state index is 11.7. The molecular weight excluding hydrogens is 202 g/mol. The quantitative estimate of drug-likeness (QED) is 0.722. The van der Waals surface area contributed by atoms with E-state index < -0.39 is 0 Å². The van der Waals surface area contributed by atoms with E-state index >= 15 is 0 Å². The predicted molar refractivity (Wildman–Crippen MR) is 66.4 cm³/mol. The Labute approximate surface area is 98.8 Å². The first kappa shape index (κ1) is 13.5. The van der Waals surface area contributed by atoms with Gasteiger partial charge in [-0.25, -0.2) is 0 Å². The van der Waals surface area contributed by atoms with Crippen molar-refractivity contribution in [2.75, 3.05) is 20.1 Å². The van der Waals surface area contributed by atoms with Gasteiger partial charge < -0.3 is 10.6 Å². The van der Waals surface area contributed by atoms with Crippen LogP contribution >= 0.6 is 0 Å². The zero-order valence-corrected chi connectivity index (χ0v) is 10.9. The number of rotatable bonds is 5. The van der Waals surface area contributed by atoms with Gasteiger partial charge in [0.25, 0.3) is 0 Å². The predicted octanol–water partition coefficient (Wildman–Crippen LogP) is 0.583. The topological polar surface area (TPSA) is 44.4 Å². The summed E-state index contributed by atoms with van der Waals surface area (Å²) < 4.78 is 0. The van der Waals surface area contributed by atoms with Gasteiger partial charge >= 0.3 is 0 Å². The molecule has 0 aliphatic carbocycles. The molecule has 1 saturated heterocycles. The lowest BCUT2D eigenvalue weighted by Gasteiger charge is -2.25. The second kappa shape index (κ2) is 6.21. The summed E-state index contributed by atoms with van der Waals surface area (Å²) in [5.41, 5.74) is 0. The Kier molecular flexibility index (Phi) is 5.22. The first-order valence-corrected chi connectivity index (χ1v) is 6.24. The summed E-state index contributed by atoms with van der Waals surface area (Å²) in [6.45, 7) is 7.70. The summed E-state index contributed by atoms with van der Waals surface area (Å²) in [5, 5.41) is 6.06. The molecule has 0 spiro atoms. The van der Waals surface area contributed by atoms with Crippen molar-refractivity contribution in [2.24, 2.45) is 0 Å². The Hall–Kier alpha value is -0.610. The molecule has 1 aliphatic rings. The van der Waals surface area contributed by atoms with Crippen LogP contribution in [0.4, 0.5) is 0 Å². The Morgan fingerprint density at radius 2 is 1.94 bits per heavy atom. The fraction of sp³-hybridized carbons (Fsp3) is 0.917. The Bertz CT molecular complexity index is 222. The molecule has 1 rings (SSSR count). The highest BCUT2D eigenvalue weighted by atomic mass is 16.2. The molecule has 3 atom stereocenters. The highest BCUT2D eigenvalue weighted by Crippen LogP contribution is 2.22. The van der Waals surface area contributed by atoms with Crippen molar-refractivity contribution in [2.45, 2.75) is 51.7 Å². The summed E-state index contributed by atoms with van der Waals surface area (Å²) >= 11 is 0. The molecular formula is C12H25N3O. The van der Waals surface area contributed by atoms with Crippen molar-refractivity contribution in [1.82, 2.24) is 15.5 Å². The van der Waals surface area contributed by atoms with E-state index in [1.54, 1.807) is 0 Å². The van der Waals surface area contributed by atoms with Gasteiger partial charge in [0.1, 0.15) is 0 Å². The third-order valence-electron chi connectivity index (χ3n) is 3.56. The van der Waals surface area contributed by atoms with Crippen LogP contribution in [-0.4, -0.2) is 49.1 Å². The lowest BCUT2D eigenvalue weighted by atomic mass is 10.2. The lowest BCUT2D eigenvalue weighted by molar-refractivity contribution is -0.122. The number of nitrogens with one attached hydrogen (secondary N) is 2. The van der Waals surface area contributed by atoms with Gasteiger partial charge in [0, 0.05) is 24.7 Å². The highest BCUT2D eigenvalue weighted by Gasteiger charge is 2.28. The third-order valence-corrected chi connectivity index (χ3v) is 3.56. The highest BCUT2D eigenvalue weighted by molar-refractivity contribution is 5.78. The molecule has 0 radical (unpaired) electrons. The van der Waals surface area contributed by atoms with Crippen LogP contribution in [0.3, 0.4) is 0 Å². The molecule has 16 heavy (non-hydrogen) atoms. The van der Waals surface area contributed by atoms with Crippen LogP contribution in [0.25, 0.3) is 0 Å². The second-order valence-corrected chi connectivity index (χ2v) is 4.94. The average Bonchev–Trinajstić information content (AvgIpc) is 2.57. The van der Waals surface area contributed by atoms with Crippen LogP contribution < -0.4 is 10.6 Å². The fourth-order valence-electron chi connectivity index (χ4n) is 2.15. The molecule has 0 aromatic carbocycles. The second-order valence-electron chi connectivity index (χ2n) is 4.94. The molecule has 1 heterocycles. The number of amides is 1. The van der Waals surface area contributed by atoms with Crippen molar-refractivity contribution in [3.63, 3.8) is 0 Å². The van der Waals surface area contributed by atoms with Gasteiger partial charge in [0.05, 0.1) is 6.54 Å². The monoisotopic (exact) mass is 227 g/mol. The average molecular weight is 227 g/mol. The van der Waals surface area contributed by atoms with E-state index in [0.29, 0.717) is 31.2 Å². The standard InChI is InChI=1S/C12H25N3O/c1-9(13-4)7-14-12(16)8-15-10(2)5-6-11(15)3/h9-11,13H,5-8H2,1-4H3,(H,14,16). The summed E-state index contributed by atoms with van der Waals surface area (Å²) in [6, 6.07) is 1.42. The van der Waals surface area contributed by atoms with E-state index in [-0.39, 0.29) is 5.91 Å². The fourth-order valence-corrected chi connectivity index (χ4v) is 2.15. The van der Waals surface area contributed by atoms with Crippen LogP contribution in [0.5, 0.6) is 0 Å². The van der Waals surface area contributed by atoms with Crippen LogP contribution in [0.15, 0.2) is 0 Å². The Balaban J connectivity index is 2.28. The molecule has 1 aliphatic heterocycles. The zero-order chi connectivity index (χ0) is 12.1. The van der Waals surface area contributed by atoms with Gasteiger partial charge in [-0.05, 0) is 40.7 Å².